The summed E-state index contributed by atoms with van der Waals surface area (Å²) < 4.78 is 0. The van der Waals surface area contributed by atoms with Crippen LogP contribution in [0.4, 0.5) is 4.79 Å². The fourth-order valence-electron chi connectivity index (χ4n) is 2.92. The van der Waals surface area contributed by atoms with Crippen molar-refractivity contribution in [3.63, 3.8) is 0 Å². The quantitative estimate of drug-likeness (QED) is 0.780. The second kappa shape index (κ2) is 6.48. The summed E-state index contributed by atoms with van der Waals surface area (Å²) in [5, 5.41) is 15.0. The molecule has 0 saturated heterocycles. The monoisotopic (exact) mass is 290 g/mol. The summed E-state index contributed by atoms with van der Waals surface area (Å²) in [6.07, 6.45) is 1.69. The Hall–Kier alpha value is -1.55. The van der Waals surface area contributed by atoms with E-state index in [9.17, 15) is 4.79 Å². The Morgan fingerprint density at radius 2 is 2.10 bits per heavy atom. The number of benzene rings is 1. The fraction of sp³-hybridized carbons (Fsp3) is 0.588. The van der Waals surface area contributed by atoms with Crippen LogP contribution in [0.3, 0.4) is 0 Å². The number of aliphatic hydroxyl groups excluding tert-OH is 1. The number of aliphatic hydroxyl groups is 1. The van der Waals surface area contributed by atoms with Crippen molar-refractivity contribution in [1.82, 2.24) is 10.6 Å². The molecule has 0 spiro atoms. The Bertz CT molecular complexity index is 499. The third-order valence-corrected chi connectivity index (χ3v) is 4.30. The van der Waals surface area contributed by atoms with Crippen LogP contribution in [0.25, 0.3) is 0 Å². The Balaban J connectivity index is 1.91. The van der Waals surface area contributed by atoms with Gasteiger partial charge in [-0.1, -0.05) is 45.0 Å². The van der Waals surface area contributed by atoms with Crippen LogP contribution in [0.2, 0.25) is 0 Å². The van der Waals surface area contributed by atoms with E-state index in [0.717, 1.165) is 6.42 Å². The molecule has 2 unspecified atom stereocenters. The molecule has 1 aliphatic carbocycles. The highest BCUT2D eigenvalue weighted by Crippen LogP contribution is 2.35. The van der Waals surface area contributed by atoms with Gasteiger partial charge in [0.2, 0.25) is 0 Å². The lowest BCUT2D eigenvalue weighted by Gasteiger charge is -2.25. The molecule has 0 bridgehead atoms. The molecule has 0 heterocycles. The standard InChI is InChI=1S/C17H26N2O2/c1-12-10-13-6-4-5-7-14(13)15(12)19-16(21)18-11-17(2,3)8-9-20/h4-7,12,15,20H,8-11H2,1-3H3,(H2,18,19,21). The second-order valence-electron chi connectivity index (χ2n) is 6.82. The molecule has 0 aromatic heterocycles. The molecular formula is C17H26N2O2. The number of hydrogen-bond donors (Lipinski definition) is 3. The summed E-state index contributed by atoms with van der Waals surface area (Å²) in [4.78, 5) is 12.1. The van der Waals surface area contributed by atoms with Crippen molar-refractivity contribution in [3.8, 4) is 0 Å². The van der Waals surface area contributed by atoms with E-state index in [1.807, 2.05) is 26.0 Å². The number of nitrogens with one attached hydrogen (secondary N) is 2. The molecule has 3 N–H and O–H groups in total. The minimum absolute atomic E-state index is 0.0853. The number of amides is 2. The number of fused-ring (bicyclic) bond motifs is 1. The summed E-state index contributed by atoms with van der Waals surface area (Å²) in [7, 11) is 0. The van der Waals surface area contributed by atoms with Crippen molar-refractivity contribution in [1.29, 1.82) is 0 Å². The van der Waals surface area contributed by atoms with Crippen LogP contribution in [-0.2, 0) is 6.42 Å². The van der Waals surface area contributed by atoms with E-state index in [1.54, 1.807) is 0 Å². The molecule has 4 nitrogen and oxygen atoms in total. The van der Waals surface area contributed by atoms with E-state index in [0.29, 0.717) is 18.9 Å². The third kappa shape index (κ3) is 3.97. The van der Waals surface area contributed by atoms with Gasteiger partial charge >= 0.3 is 6.03 Å². The van der Waals surface area contributed by atoms with Crippen molar-refractivity contribution in [3.05, 3.63) is 35.4 Å². The third-order valence-electron chi connectivity index (χ3n) is 4.30. The first kappa shape index (κ1) is 15.8. The molecule has 1 aromatic carbocycles. The maximum atomic E-state index is 12.1. The first-order valence-corrected chi connectivity index (χ1v) is 7.66. The molecule has 21 heavy (non-hydrogen) atoms. The number of hydrogen-bond acceptors (Lipinski definition) is 2. The SMILES string of the molecule is CC1Cc2ccccc2C1NC(=O)NCC(C)(C)CCO. The van der Waals surface area contributed by atoms with Gasteiger partial charge < -0.3 is 15.7 Å². The maximum absolute atomic E-state index is 12.1. The Morgan fingerprint density at radius 1 is 1.38 bits per heavy atom. The summed E-state index contributed by atoms with van der Waals surface area (Å²) >= 11 is 0. The number of rotatable bonds is 5. The average molecular weight is 290 g/mol. The Morgan fingerprint density at radius 3 is 2.81 bits per heavy atom. The molecule has 2 amide bonds. The van der Waals surface area contributed by atoms with Gasteiger partial charge in [-0.15, -0.1) is 0 Å². The minimum Gasteiger partial charge on any atom is -0.396 e. The highest BCUT2D eigenvalue weighted by atomic mass is 16.3. The van der Waals surface area contributed by atoms with Crippen molar-refractivity contribution in [2.75, 3.05) is 13.2 Å². The van der Waals surface area contributed by atoms with Crippen LogP contribution in [-0.4, -0.2) is 24.3 Å². The molecule has 0 fully saturated rings. The average Bonchev–Trinajstić information content (AvgIpc) is 2.73. The van der Waals surface area contributed by atoms with Crippen LogP contribution in [0.5, 0.6) is 0 Å². The molecular weight excluding hydrogens is 264 g/mol. The molecule has 2 rings (SSSR count). The van der Waals surface area contributed by atoms with Gasteiger partial charge in [-0.2, -0.15) is 0 Å². The van der Waals surface area contributed by atoms with Gasteiger partial charge in [0, 0.05) is 13.2 Å². The number of carbonyl (C=O) groups is 1. The zero-order chi connectivity index (χ0) is 15.5. The summed E-state index contributed by atoms with van der Waals surface area (Å²) in [5.74, 6) is 0.415. The molecule has 1 aliphatic rings. The first-order valence-electron chi connectivity index (χ1n) is 7.66. The molecule has 116 valence electrons. The lowest BCUT2D eigenvalue weighted by molar-refractivity contribution is 0.199. The Kier molecular flexibility index (Phi) is 4.88. The zero-order valence-corrected chi connectivity index (χ0v) is 13.1. The predicted octanol–water partition coefficient (Wildman–Crippen LogP) is 2.63. The molecule has 0 saturated carbocycles. The largest absolute Gasteiger partial charge is 0.396 e. The first-order chi connectivity index (χ1) is 9.93. The molecule has 4 heteroatoms. The van der Waals surface area contributed by atoms with Gasteiger partial charge in [0.1, 0.15) is 0 Å². The van der Waals surface area contributed by atoms with E-state index in [-0.39, 0.29) is 24.1 Å². The van der Waals surface area contributed by atoms with Gasteiger partial charge in [-0.25, -0.2) is 4.79 Å². The van der Waals surface area contributed by atoms with Crippen molar-refractivity contribution in [2.24, 2.45) is 11.3 Å². The fourth-order valence-corrected chi connectivity index (χ4v) is 2.92. The molecule has 1 aromatic rings. The van der Waals surface area contributed by atoms with Gasteiger partial charge in [0.15, 0.2) is 0 Å². The number of urea groups is 1. The second-order valence-corrected chi connectivity index (χ2v) is 6.82. The molecule has 0 aliphatic heterocycles. The van der Waals surface area contributed by atoms with Gasteiger partial charge in [-0.3, -0.25) is 0 Å². The molecule has 0 radical (unpaired) electrons. The smallest absolute Gasteiger partial charge is 0.315 e. The van der Waals surface area contributed by atoms with E-state index in [1.165, 1.54) is 11.1 Å². The summed E-state index contributed by atoms with van der Waals surface area (Å²) in [5.41, 5.74) is 2.47. The van der Waals surface area contributed by atoms with Crippen molar-refractivity contribution < 1.29 is 9.90 Å². The normalized spacial score (nSPS) is 21.0. The molecule has 2 atom stereocenters. The Labute approximate surface area is 126 Å². The highest BCUT2D eigenvalue weighted by Gasteiger charge is 2.30. The van der Waals surface area contributed by atoms with Crippen molar-refractivity contribution in [2.45, 2.75) is 39.7 Å². The van der Waals surface area contributed by atoms with E-state index in [2.05, 4.69) is 29.7 Å². The van der Waals surface area contributed by atoms with Crippen LogP contribution >= 0.6 is 0 Å². The van der Waals surface area contributed by atoms with Gasteiger partial charge in [0.25, 0.3) is 0 Å². The van der Waals surface area contributed by atoms with E-state index in [4.69, 9.17) is 5.11 Å². The van der Waals surface area contributed by atoms with E-state index < -0.39 is 0 Å². The number of carbonyl (C=O) groups excluding carboxylic acids is 1. The van der Waals surface area contributed by atoms with Crippen LogP contribution < -0.4 is 10.6 Å². The highest BCUT2D eigenvalue weighted by molar-refractivity contribution is 5.74. The topological polar surface area (TPSA) is 61.4 Å². The van der Waals surface area contributed by atoms with Gasteiger partial charge in [-0.05, 0) is 35.3 Å². The lowest BCUT2D eigenvalue weighted by atomic mass is 9.90. The maximum Gasteiger partial charge on any atom is 0.315 e. The summed E-state index contributed by atoms with van der Waals surface area (Å²) in [6, 6.07) is 8.26. The van der Waals surface area contributed by atoms with E-state index >= 15 is 0 Å². The van der Waals surface area contributed by atoms with Gasteiger partial charge in [0.05, 0.1) is 6.04 Å². The van der Waals surface area contributed by atoms with Crippen LogP contribution in [0.1, 0.15) is 44.4 Å². The van der Waals surface area contributed by atoms with Crippen LogP contribution in [0, 0.1) is 11.3 Å². The zero-order valence-electron chi connectivity index (χ0n) is 13.1. The van der Waals surface area contributed by atoms with Crippen molar-refractivity contribution >= 4 is 6.03 Å². The van der Waals surface area contributed by atoms with Crippen LogP contribution in [0.15, 0.2) is 24.3 Å². The summed E-state index contributed by atoms with van der Waals surface area (Å²) in [6.45, 7) is 6.94. The predicted molar refractivity (Wildman–Crippen MR) is 84.1 cm³/mol. The minimum atomic E-state index is -0.130. The lowest BCUT2D eigenvalue weighted by Crippen LogP contribution is -2.43.